The highest BCUT2D eigenvalue weighted by atomic mass is 16.5. The number of ether oxygens (including phenoxy) is 1. The zero-order valence-corrected chi connectivity index (χ0v) is 21.4. The molecule has 1 fully saturated rings. The molecule has 0 saturated carbocycles. The zero-order chi connectivity index (χ0) is 25.5. The lowest BCUT2D eigenvalue weighted by atomic mass is 10.0. The Kier molecular flexibility index (Phi) is 6.10. The average Bonchev–Trinajstić information content (AvgIpc) is 3.64. The molecule has 0 bridgehead atoms. The van der Waals surface area contributed by atoms with Gasteiger partial charge in [-0.25, -0.2) is 19.6 Å². The Bertz CT molecular complexity index is 1550. The molecule has 1 aliphatic rings. The Balaban J connectivity index is 1.35. The number of hydrogen-bond acceptors (Lipinski definition) is 8. The molecule has 37 heavy (non-hydrogen) atoms. The van der Waals surface area contributed by atoms with E-state index in [9.17, 15) is 0 Å². The van der Waals surface area contributed by atoms with Gasteiger partial charge in [-0.15, -0.1) is 0 Å². The highest BCUT2D eigenvalue weighted by Crippen LogP contribution is 2.35. The SMILES string of the molecule is COCCN1CCC(n2nc(-c3ccc(-c4nc5cccc(C(C)C)c5o4)cc3)c3c(N)ncnc32)C1. The van der Waals surface area contributed by atoms with Crippen molar-refractivity contribution in [2.24, 2.45) is 0 Å². The number of aromatic nitrogens is 5. The number of likely N-dealkylation sites (tertiary alicyclic amines) is 1. The van der Waals surface area contributed by atoms with Gasteiger partial charge in [0, 0.05) is 37.9 Å². The summed E-state index contributed by atoms with van der Waals surface area (Å²) in [7, 11) is 1.74. The lowest BCUT2D eigenvalue weighted by Crippen LogP contribution is -2.25. The van der Waals surface area contributed by atoms with Gasteiger partial charge in [0.05, 0.1) is 18.0 Å². The van der Waals surface area contributed by atoms with Crippen LogP contribution in [-0.4, -0.2) is 63.0 Å². The Hall–Kier alpha value is -3.82. The van der Waals surface area contributed by atoms with Crippen molar-refractivity contribution in [2.75, 3.05) is 39.1 Å². The Labute approximate surface area is 215 Å². The van der Waals surface area contributed by atoms with E-state index in [1.165, 1.54) is 6.33 Å². The number of para-hydroxylation sites is 1. The van der Waals surface area contributed by atoms with Gasteiger partial charge in [-0.3, -0.25) is 4.90 Å². The van der Waals surface area contributed by atoms with Crippen molar-refractivity contribution >= 4 is 28.0 Å². The maximum Gasteiger partial charge on any atom is 0.227 e. The van der Waals surface area contributed by atoms with Crippen molar-refractivity contribution in [3.8, 4) is 22.7 Å². The molecule has 0 aliphatic carbocycles. The molecule has 1 saturated heterocycles. The van der Waals surface area contributed by atoms with Crippen molar-refractivity contribution in [2.45, 2.75) is 32.2 Å². The third kappa shape index (κ3) is 4.24. The van der Waals surface area contributed by atoms with Crippen LogP contribution in [0.3, 0.4) is 0 Å². The standard InChI is InChI=1S/C28H31N7O2/c1-17(2)21-5-4-6-22-25(21)37-28(32-22)19-9-7-18(8-10-19)24-23-26(29)30-16-31-27(23)35(33-24)20-11-12-34(15-20)13-14-36-3/h4-10,16-17,20H,11-15H2,1-3H3,(H2,29,30,31). The fourth-order valence-electron chi connectivity index (χ4n) is 5.21. The lowest BCUT2D eigenvalue weighted by molar-refractivity contribution is 0.159. The number of benzene rings is 2. The molecule has 0 radical (unpaired) electrons. The van der Waals surface area contributed by atoms with E-state index in [0.717, 1.165) is 77.2 Å². The predicted octanol–water partition coefficient (Wildman–Crippen LogP) is 4.90. The van der Waals surface area contributed by atoms with E-state index in [-0.39, 0.29) is 6.04 Å². The molecule has 6 rings (SSSR count). The largest absolute Gasteiger partial charge is 0.436 e. The van der Waals surface area contributed by atoms with E-state index in [1.807, 2.05) is 41.1 Å². The third-order valence-corrected chi connectivity index (χ3v) is 7.20. The minimum absolute atomic E-state index is 0.219. The summed E-state index contributed by atoms with van der Waals surface area (Å²) in [4.78, 5) is 16.0. The molecule has 190 valence electrons. The zero-order valence-electron chi connectivity index (χ0n) is 21.4. The summed E-state index contributed by atoms with van der Waals surface area (Å²) >= 11 is 0. The number of nitrogens with two attached hydrogens (primary N) is 1. The summed E-state index contributed by atoms with van der Waals surface area (Å²) in [5.74, 6) is 1.40. The van der Waals surface area contributed by atoms with Crippen LogP contribution in [-0.2, 0) is 4.74 Å². The van der Waals surface area contributed by atoms with Crippen LogP contribution in [0, 0.1) is 0 Å². The van der Waals surface area contributed by atoms with Gasteiger partial charge in [0.25, 0.3) is 0 Å². The van der Waals surface area contributed by atoms with Gasteiger partial charge >= 0.3 is 0 Å². The minimum Gasteiger partial charge on any atom is -0.436 e. The average molecular weight is 498 g/mol. The molecule has 0 spiro atoms. The Morgan fingerprint density at radius 2 is 1.92 bits per heavy atom. The van der Waals surface area contributed by atoms with Gasteiger partial charge in [-0.1, -0.05) is 38.1 Å². The highest BCUT2D eigenvalue weighted by Gasteiger charge is 2.28. The van der Waals surface area contributed by atoms with Crippen LogP contribution < -0.4 is 5.73 Å². The first-order chi connectivity index (χ1) is 18.0. The van der Waals surface area contributed by atoms with E-state index in [0.29, 0.717) is 17.6 Å². The van der Waals surface area contributed by atoms with E-state index < -0.39 is 0 Å². The number of fused-ring (bicyclic) bond motifs is 2. The van der Waals surface area contributed by atoms with Gasteiger partial charge in [-0.05, 0) is 36.1 Å². The van der Waals surface area contributed by atoms with E-state index >= 15 is 0 Å². The molecule has 5 aromatic rings. The Morgan fingerprint density at radius 1 is 1.11 bits per heavy atom. The number of nitrogen functional groups attached to an aromatic ring is 1. The number of anilines is 1. The van der Waals surface area contributed by atoms with Gasteiger partial charge in [0.1, 0.15) is 23.4 Å². The summed E-state index contributed by atoms with van der Waals surface area (Å²) < 4.78 is 13.5. The van der Waals surface area contributed by atoms with E-state index in [2.05, 4.69) is 34.8 Å². The fourth-order valence-corrected chi connectivity index (χ4v) is 5.21. The first-order valence-electron chi connectivity index (χ1n) is 12.7. The maximum atomic E-state index is 6.35. The van der Waals surface area contributed by atoms with Gasteiger partial charge in [0.15, 0.2) is 11.2 Å². The minimum atomic E-state index is 0.219. The molecule has 2 aromatic carbocycles. The second-order valence-electron chi connectivity index (χ2n) is 9.93. The molecular weight excluding hydrogens is 466 g/mol. The first kappa shape index (κ1) is 23.6. The lowest BCUT2D eigenvalue weighted by Gasteiger charge is -2.15. The van der Waals surface area contributed by atoms with E-state index in [1.54, 1.807) is 7.11 Å². The molecule has 2 N–H and O–H groups in total. The first-order valence-corrected chi connectivity index (χ1v) is 12.7. The van der Waals surface area contributed by atoms with Crippen LogP contribution in [0.5, 0.6) is 0 Å². The monoisotopic (exact) mass is 497 g/mol. The van der Waals surface area contributed by atoms with Gasteiger partial charge in [0.2, 0.25) is 5.89 Å². The molecular formula is C28H31N7O2. The van der Waals surface area contributed by atoms with Crippen LogP contribution in [0.2, 0.25) is 0 Å². The number of nitrogens with zero attached hydrogens (tertiary/aromatic N) is 6. The number of hydrogen-bond donors (Lipinski definition) is 1. The van der Waals surface area contributed by atoms with Crippen LogP contribution in [0.4, 0.5) is 5.82 Å². The molecule has 3 aromatic heterocycles. The molecule has 1 aliphatic heterocycles. The summed E-state index contributed by atoms with van der Waals surface area (Å²) in [6, 6.07) is 14.4. The summed E-state index contributed by atoms with van der Waals surface area (Å²) in [6.45, 7) is 7.85. The van der Waals surface area contributed by atoms with Crippen LogP contribution in [0.25, 0.3) is 44.8 Å². The Morgan fingerprint density at radius 3 is 2.70 bits per heavy atom. The third-order valence-electron chi connectivity index (χ3n) is 7.20. The number of methoxy groups -OCH3 is 1. The van der Waals surface area contributed by atoms with Crippen molar-refractivity contribution < 1.29 is 9.15 Å². The molecule has 4 heterocycles. The van der Waals surface area contributed by atoms with Crippen molar-refractivity contribution in [3.63, 3.8) is 0 Å². The van der Waals surface area contributed by atoms with Crippen LogP contribution >= 0.6 is 0 Å². The van der Waals surface area contributed by atoms with Gasteiger partial charge in [-0.2, -0.15) is 5.10 Å². The van der Waals surface area contributed by atoms with E-state index in [4.69, 9.17) is 25.0 Å². The molecule has 0 amide bonds. The smallest absolute Gasteiger partial charge is 0.227 e. The summed E-state index contributed by atoms with van der Waals surface area (Å²) in [6.07, 6.45) is 2.51. The quantitative estimate of drug-likeness (QED) is 0.338. The summed E-state index contributed by atoms with van der Waals surface area (Å²) in [5, 5.41) is 5.81. The molecule has 9 nitrogen and oxygen atoms in total. The van der Waals surface area contributed by atoms with Crippen LogP contribution in [0.15, 0.2) is 53.2 Å². The second kappa shape index (κ2) is 9.57. The second-order valence-corrected chi connectivity index (χ2v) is 9.93. The number of rotatable bonds is 7. The highest BCUT2D eigenvalue weighted by molar-refractivity contribution is 5.98. The van der Waals surface area contributed by atoms with Crippen molar-refractivity contribution in [1.29, 1.82) is 0 Å². The molecule has 9 heteroatoms. The van der Waals surface area contributed by atoms with Gasteiger partial charge < -0.3 is 14.9 Å². The fraction of sp³-hybridized carbons (Fsp3) is 0.357. The van der Waals surface area contributed by atoms with Crippen molar-refractivity contribution in [1.82, 2.24) is 29.6 Å². The summed E-state index contributed by atoms with van der Waals surface area (Å²) in [5.41, 5.74) is 12.6. The predicted molar refractivity (Wildman–Crippen MR) is 144 cm³/mol. The van der Waals surface area contributed by atoms with Crippen LogP contribution in [0.1, 0.15) is 37.8 Å². The number of oxazole rings is 1. The van der Waals surface area contributed by atoms with Crippen molar-refractivity contribution in [3.05, 3.63) is 54.4 Å². The normalized spacial score (nSPS) is 16.5. The topological polar surface area (TPSA) is 108 Å². The molecule has 1 unspecified atom stereocenters. The maximum absolute atomic E-state index is 6.35. The molecule has 1 atom stereocenters.